The first-order valence-corrected chi connectivity index (χ1v) is 5.63. The number of amides is 1. The fourth-order valence-electron chi connectivity index (χ4n) is 1.31. The number of nitrogens with one attached hydrogen (secondary N) is 2. The molecule has 4 heteroatoms. The van der Waals surface area contributed by atoms with Crippen molar-refractivity contribution in [3.63, 3.8) is 0 Å². The first-order chi connectivity index (χ1) is 8.22. The van der Waals surface area contributed by atoms with E-state index in [1.807, 2.05) is 37.3 Å². The fourth-order valence-corrected chi connectivity index (χ4v) is 1.31. The van der Waals surface area contributed by atoms with Crippen LogP contribution >= 0.6 is 0 Å². The van der Waals surface area contributed by atoms with E-state index in [4.69, 9.17) is 5.26 Å². The molecule has 0 aliphatic carbocycles. The predicted octanol–water partition coefficient (Wildman–Crippen LogP) is 1.05. The van der Waals surface area contributed by atoms with Gasteiger partial charge in [-0.05, 0) is 12.5 Å². The van der Waals surface area contributed by atoms with Crippen LogP contribution in [-0.4, -0.2) is 19.0 Å². The molecule has 1 aromatic rings. The zero-order valence-corrected chi connectivity index (χ0v) is 9.94. The number of nitriles is 1. The lowest BCUT2D eigenvalue weighted by Crippen LogP contribution is -2.35. The van der Waals surface area contributed by atoms with Crippen LogP contribution < -0.4 is 10.6 Å². The third kappa shape index (κ3) is 5.69. The van der Waals surface area contributed by atoms with Crippen molar-refractivity contribution in [2.24, 2.45) is 5.92 Å². The molecule has 90 valence electrons. The fraction of sp³-hybridized carbons (Fsp3) is 0.385. The Kier molecular flexibility index (Phi) is 5.76. The highest BCUT2D eigenvalue weighted by atomic mass is 16.1. The SMILES string of the molecule is CC(C#N)CNCC(=O)NCc1ccccc1. The Morgan fingerprint density at radius 2 is 2.12 bits per heavy atom. The van der Waals surface area contributed by atoms with Crippen molar-refractivity contribution < 1.29 is 4.79 Å². The number of benzene rings is 1. The number of carbonyl (C=O) groups excluding carboxylic acids is 1. The Morgan fingerprint density at radius 1 is 1.41 bits per heavy atom. The molecule has 0 spiro atoms. The lowest BCUT2D eigenvalue weighted by molar-refractivity contribution is -0.120. The summed E-state index contributed by atoms with van der Waals surface area (Å²) in [6.07, 6.45) is 0. The first kappa shape index (κ1) is 13.2. The van der Waals surface area contributed by atoms with Gasteiger partial charge in [0.05, 0.1) is 18.5 Å². The topological polar surface area (TPSA) is 64.9 Å². The highest BCUT2D eigenvalue weighted by molar-refractivity contribution is 5.77. The monoisotopic (exact) mass is 231 g/mol. The maximum absolute atomic E-state index is 11.4. The second kappa shape index (κ2) is 7.42. The summed E-state index contributed by atoms with van der Waals surface area (Å²) in [7, 11) is 0. The molecule has 1 rings (SSSR count). The van der Waals surface area contributed by atoms with Crippen LogP contribution in [0, 0.1) is 17.2 Å². The highest BCUT2D eigenvalue weighted by Crippen LogP contribution is 1.96. The molecule has 1 aromatic carbocycles. The first-order valence-electron chi connectivity index (χ1n) is 5.63. The van der Waals surface area contributed by atoms with Gasteiger partial charge in [-0.15, -0.1) is 0 Å². The average Bonchev–Trinajstić information content (AvgIpc) is 2.37. The van der Waals surface area contributed by atoms with E-state index < -0.39 is 0 Å². The molecule has 0 bridgehead atoms. The van der Waals surface area contributed by atoms with Gasteiger partial charge >= 0.3 is 0 Å². The summed E-state index contributed by atoms with van der Waals surface area (Å²) < 4.78 is 0. The van der Waals surface area contributed by atoms with Gasteiger partial charge in [-0.1, -0.05) is 30.3 Å². The molecule has 1 atom stereocenters. The molecule has 2 N–H and O–H groups in total. The van der Waals surface area contributed by atoms with Gasteiger partial charge in [-0.25, -0.2) is 0 Å². The normalized spacial score (nSPS) is 11.5. The highest BCUT2D eigenvalue weighted by Gasteiger charge is 2.02. The minimum absolute atomic E-state index is 0.0565. The van der Waals surface area contributed by atoms with Crippen molar-refractivity contribution in [1.82, 2.24) is 10.6 Å². The van der Waals surface area contributed by atoms with Crippen LogP contribution in [0.1, 0.15) is 12.5 Å². The van der Waals surface area contributed by atoms with Gasteiger partial charge in [0.25, 0.3) is 0 Å². The van der Waals surface area contributed by atoms with Crippen LogP contribution in [0.5, 0.6) is 0 Å². The maximum Gasteiger partial charge on any atom is 0.234 e. The average molecular weight is 231 g/mol. The minimum Gasteiger partial charge on any atom is -0.351 e. The Labute approximate surface area is 102 Å². The van der Waals surface area contributed by atoms with Crippen LogP contribution in [0.2, 0.25) is 0 Å². The van der Waals surface area contributed by atoms with Gasteiger partial charge < -0.3 is 10.6 Å². The van der Waals surface area contributed by atoms with Gasteiger partial charge in [0.2, 0.25) is 5.91 Å². The molecular weight excluding hydrogens is 214 g/mol. The molecular formula is C13H17N3O. The third-order valence-corrected chi connectivity index (χ3v) is 2.29. The van der Waals surface area contributed by atoms with Crippen LogP contribution in [0.25, 0.3) is 0 Å². The Hall–Kier alpha value is -1.86. The lowest BCUT2D eigenvalue weighted by atomic mass is 10.2. The molecule has 0 aromatic heterocycles. The number of carbonyl (C=O) groups is 1. The summed E-state index contributed by atoms with van der Waals surface area (Å²) in [5.41, 5.74) is 1.08. The smallest absolute Gasteiger partial charge is 0.234 e. The van der Waals surface area contributed by atoms with E-state index in [-0.39, 0.29) is 18.4 Å². The van der Waals surface area contributed by atoms with E-state index in [1.54, 1.807) is 0 Å². The Balaban J connectivity index is 2.16. The van der Waals surface area contributed by atoms with E-state index in [9.17, 15) is 4.79 Å². The summed E-state index contributed by atoms with van der Waals surface area (Å²) in [6, 6.07) is 11.8. The van der Waals surface area contributed by atoms with Gasteiger partial charge in [-0.2, -0.15) is 5.26 Å². The van der Waals surface area contributed by atoms with Crippen LogP contribution in [0.3, 0.4) is 0 Å². The van der Waals surface area contributed by atoms with E-state index in [0.29, 0.717) is 13.1 Å². The Bertz CT molecular complexity index is 383. The molecule has 0 aliphatic rings. The largest absolute Gasteiger partial charge is 0.351 e. The van der Waals surface area contributed by atoms with Gasteiger partial charge in [0.1, 0.15) is 0 Å². The summed E-state index contributed by atoms with van der Waals surface area (Å²) in [5, 5.41) is 14.3. The zero-order chi connectivity index (χ0) is 12.5. The molecule has 0 fully saturated rings. The molecule has 0 aliphatic heterocycles. The van der Waals surface area contributed by atoms with Crippen LogP contribution in [0.4, 0.5) is 0 Å². The Morgan fingerprint density at radius 3 is 2.76 bits per heavy atom. The van der Waals surface area contributed by atoms with Crippen molar-refractivity contribution in [2.75, 3.05) is 13.1 Å². The zero-order valence-electron chi connectivity index (χ0n) is 9.94. The lowest BCUT2D eigenvalue weighted by Gasteiger charge is -2.07. The van der Waals surface area contributed by atoms with Crippen molar-refractivity contribution in [3.05, 3.63) is 35.9 Å². The molecule has 0 saturated heterocycles. The third-order valence-electron chi connectivity index (χ3n) is 2.29. The summed E-state index contributed by atoms with van der Waals surface area (Å²) >= 11 is 0. The summed E-state index contributed by atoms with van der Waals surface area (Å²) in [4.78, 5) is 11.4. The van der Waals surface area contributed by atoms with Gasteiger partial charge in [0, 0.05) is 13.1 Å². The van der Waals surface area contributed by atoms with Crippen LogP contribution in [0.15, 0.2) is 30.3 Å². The predicted molar refractivity (Wildman–Crippen MR) is 65.9 cm³/mol. The molecule has 17 heavy (non-hydrogen) atoms. The number of hydrogen-bond donors (Lipinski definition) is 2. The quantitative estimate of drug-likeness (QED) is 0.769. The van der Waals surface area contributed by atoms with Gasteiger partial charge in [-0.3, -0.25) is 4.79 Å². The molecule has 4 nitrogen and oxygen atoms in total. The molecule has 1 unspecified atom stereocenters. The van der Waals surface area contributed by atoms with Crippen molar-refractivity contribution in [2.45, 2.75) is 13.5 Å². The van der Waals surface area contributed by atoms with Crippen molar-refractivity contribution in [1.29, 1.82) is 5.26 Å². The molecule has 0 saturated carbocycles. The summed E-state index contributed by atoms with van der Waals surface area (Å²) in [6.45, 7) is 3.14. The molecule has 0 heterocycles. The minimum atomic E-state index is -0.0723. The summed E-state index contributed by atoms with van der Waals surface area (Å²) in [5.74, 6) is -0.129. The number of nitrogens with zero attached hydrogens (tertiary/aromatic N) is 1. The van der Waals surface area contributed by atoms with E-state index in [2.05, 4.69) is 16.7 Å². The van der Waals surface area contributed by atoms with Crippen LogP contribution in [-0.2, 0) is 11.3 Å². The number of rotatable bonds is 6. The van der Waals surface area contributed by atoms with E-state index in [0.717, 1.165) is 5.56 Å². The number of hydrogen-bond acceptors (Lipinski definition) is 3. The van der Waals surface area contributed by atoms with E-state index >= 15 is 0 Å². The second-order valence-corrected chi connectivity index (χ2v) is 3.92. The van der Waals surface area contributed by atoms with Crippen molar-refractivity contribution >= 4 is 5.91 Å². The van der Waals surface area contributed by atoms with Gasteiger partial charge in [0.15, 0.2) is 0 Å². The van der Waals surface area contributed by atoms with E-state index in [1.165, 1.54) is 0 Å². The van der Waals surface area contributed by atoms with Crippen molar-refractivity contribution in [3.8, 4) is 6.07 Å². The second-order valence-electron chi connectivity index (χ2n) is 3.92. The molecule has 0 radical (unpaired) electrons. The molecule has 1 amide bonds. The standard InChI is InChI=1S/C13H17N3O/c1-11(7-14)8-15-10-13(17)16-9-12-5-3-2-4-6-12/h2-6,11,15H,8-10H2,1H3,(H,16,17). The maximum atomic E-state index is 11.4.